The Labute approximate surface area is 162 Å². The van der Waals surface area contributed by atoms with Gasteiger partial charge < -0.3 is 30.3 Å². The van der Waals surface area contributed by atoms with Gasteiger partial charge in [-0.3, -0.25) is 14.4 Å². The molecule has 2 bridgehead atoms. The fourth-order valence-electron chi connectivity index (χ4n) is 4.88. The molecule has 1 aliphatic heterocycles. The van der Waals surface area contributed by atoms with Gasteiger partial charge in [0.05, 0.1) is 5.56 Å². The molecular formula is C20H14O9. The first-order valence-electron chi connectivity index (χ1n) is 8.72. The van der Waals surface area contributed by atoms with Crippen LogP contribution in [0.4, 0.5) is 0 Å². The highest BCUT2D eigenvalue weighted by Crippen LogP contribution is 2.63. The van der Waals surface area contributed by atoms with Gasteiger partial charge in [0.1, 0.15) is 17.3 Å². The zero-order valence-electron chi connectivity index (χ0n) is 14.6. The maximum Gasteiger partial charge on any atom is 0.318 e. The summed E-state index contributed by atoms with van der Waals surface area (Å²) in [5.41, 5.74) is -10.2. The zero-order chi connectivity index (χ0) is 20.9. The van der Waals surface area contributed by atoms with Crippen molar-refractivity contribution in [3.05, 3.63) is 53.1 Å². The number of ether oxygens (including phenoxy) is 1. The molecule has 0 aromatic heterocycles. The highest BCUT2D eigenvalue weighted by molar-refractivity contribution is 6.25. The maximum absolute atomic E-state index is 13.4. The molecule has 29 heavy (non-hydrogen) atoms. The summed E-state index contributed by atoms with van der Waals surface area (Å²) in [5, 5.41) is 54.6. The van der Waals surface area contributed by atoms with Crippen molar-refractivity contribution in [1.82, 2.24) is 0 Å². The molecule has 0 radical (unpaired) electrons. The first-order chi connectivity index (χ1) is 13.6. The number of carbonyl (C=O) groups is 3. The number of esters is 1. The minimum absolute atomic E-state index is 0.341. The topological polar surface area (TPSA) is 162 Å². The van der Waals surface area contributed by atoms with Crippen LogP contribution < -0.4 is 4.74 Å². The second-order valence-electron chi connectivity index (χ2n) is 7.53. The van der Waals surface area contributed by atoms with E-state index in [4.69, 9.17) is 4.74 Å². The summed E-state index contributed by atoms with van der Waals surface area (Å²) in [6.07, 6.45) is -0.721. The molecule has 5 rings (SSSR count). The second-order valence-corrected chi connectivity index (χ2v) is 7.53. The van der Waals surface area contributed by atoms with E-state index in [-0.39, 0.29) is 11.1 Å². The molecule has 9 heteroatoms. The summed E-state index contributed by atoms with van der Waals surface area (Å²) >= 11 is 0. The largest absolute Gasteiger partial charge is 0.507 e. The lowest BCUT2D eigenvalue weighted by molar-refractivity contribution is -0.181. The van der Waals surface area contributed by atoms with E-state index in [1.807, 2.05) is 0 Å². The van der Waals surface area contributed by atoms with Crippen molar-refractivity contribution >= 4 is 17.5 Å². The minimum Gasteiger partial charge on any atom is -0.507 e. The van der Waals surface area contributed by atoms with E-state index in [1.165, 1.54) is 24.3 Å². The van der Waals surface area contributed by atoms with E-state index in [0.29, 0.717) is 0 Å². The number of carbonyl (C=O) groups excluding carboxylic acids is 3. The molecule has 1 heterocycles. The standard InChI is InChI=1S/C20H14O9/c21-11-5-1-3-8-13(11)16(24)20(28)18(26)7-10(19(20,27)15(8)23)17(25)29-14-9(18)4-2-6-12(14)22/h1-6,10,21-22,26-28H,7H2/t10-,18-,19-,20+/m0/s1. The monoisotopic (exact) mass is 398 g/mol. The van der Waals surface area contributed by atoms with E-state index in [2.05, 4.69) is 0 Å². The molecule has 1 fully saturated rings. The van der Waals surface area contributed by atoms with Crippen LogP contribution in [0.25, 0.3) is 0 Å². The van der Waals surface area contributed by atoms with Gasteiger partial charge in [-0.1, -0.05) is 24.3 Å². The number of fused-ring (bicyclic) bond motifs is 8. The van der Waals surface area contributed by atoms with Crippen LogP contribution >= 0.6 is 0 Å². The van der Waals surface area contributed by atoms with E-state index < -0.39 is 69.5 Å². The van der Waals surface area contributed by atoms with E-state index in [0.717, 1.165) is 12.1 Å². The lowest BCUT2D eigenvalue weighted by atomic mass is 9.62. The zero-order valence-corrected chi connectivity index (χ0v) is 14.6. The highest BCUT2D eigenvalue weighted by Gasteiger charge is 2.83. The Morgan fingerprint density at radius 3 is 2.28 bits per heavy atom. The third kappa shape index (κ3) is 1.66. The van der Waals surface area contributed by atoms with Gasteiger partial charge in [0.2, 0.25) is 5.78 Å². The molecule has 5 N–H and O–H groups in total. The van der Waals surface area contributed by atoms with Crippen molar-refractivity contribution in [2.24, 2.45) is 5.92 Å². The number of Topliss-reactive ketones (excluding diaryl/α,β-unsaturated/α-hetero) is 2. The van der Waals surface area contributed by atoms with Crippen LogP contribution in [-0.2, 0) is 10.4 Å². The van der Waals surface area contributed by atoms with Crippen molar-refractivity contribution in [1.29, 1.82) is 0 Å². The molecule has 2 aromatic rings. The molecule has 2 aliphatic carbocycles. The fraction of sp³-hybridized carbons (Fsp3) is 0.250. The predicted octanol–water partition coefficient (Wildman–Crippen LogP) is -0.234. The van der Waals surface area contributed by atoms with Gasteiger partial charge in [0.25, 0.3) is 0 Å². The van der Waals surface area contributed by atoms with E-state index >= 15 is 0 Å². The molecule has 0 spiro atoms. The van der Waals surface area contributed by atoms with Gasteiger partial charge in [-0.2, -0.15) is 0 Å². The Morgan fingerprint density at radius 1 is 0.897 bits per heavy atom. The smallest absolute Gasteiger partial charge is 0.318 e. The minimum atomic E-state index is -3.21. The van der Waals surface area contributed by atoms with Crippen molar-refractivity contribution < 1.29 is 44.7 Å². The van der Waals surface area contributed by atoms with Crippen molar-refractivity contribution in [3.8, 4) is 17.2 Å². The van der Waals surface area contributed by atoms with Gasteiger partial charge in [-0.05, 0) is 12.1 Å². The second kappa shape index (κ2) is 5.01. The van der Waals surface area contributed by atoms with Gasteiger partial charge in [-0.25, -0.2) is 0 Å². The third-order valence-electron chi connectivity index (χ3n) is 6.27. The molecule has 0 unspecified atom stereocenters. The molecule has 2 aromatic carbocycles. The van der Waals surface area contributed by atoms with Crippen molar-refractivity contribution in [3.63, 3.8) is 0 Å². The Morgan fingerprint density at radius 2 is 1.55 bits per heavy atom. The molecule has 3 aliphatic rings. The average molecular weight is 398 g/mol. The number of ketones is 2. The summed E-state index contributed by atoms with van der Waals surface area (Å²) < 4.78 is 5.11. The van der Waals surface area contributed by atoms with Gasteiger partial charge in [0.15, 0.2) is 28.5 Å². The number of phenolic OH excluding ortho intramolecular Hbond substituents is 2. The lowest BCUT2D eigenvalue weighted by Gasteiger charge is -2.47. The van der Waals surface area contributed by atoms with Gasteiger partial charge in [-0.15, -0.1) is 0 Å². The Bertz CT molecular complexity index is 1150. The SMILES string of the molecule is O=C1Oc2c(O)cccc2[C@@]2(O)C[C@@H]1[C@]1(O)C(=O)c3cccc(O)c3C(=O)[C@]12O. The fourth-order valence-corrected chi connectivity index (χ4v) is 4.88. The molecule has 0 amide bonds. The molecule has 1 saturated carbocycles. The number of hydrogen-bond acceptors (Lipinski definition) is 9. The number of aromatic hydroxyl groups is 2. The van der Waals surface area contributed by atoms with E-state index in [9.17, 15) is 39.9 Å². The van der Waals surface area contributed by atoms with Crippen LogP contribution in [0.15, 0.2) is 36.4 Å². The number of hydrogen-bond donors (Lipinski definition) is 5. The Hall–Kier alpha value is -3.27. The van der Waals surface area contributed by atoms with Crippen LogP contribution in [0.1, 0.15) is 32.7 Å². The highest BCUT2D eigenvalue weighted by atomic mass is 16.5. The normalized spacial score (nSPS) is 34.7. The Kier molecular flexibility index (Phi) is 3.07. The number of para-hydroxylation sites is 1. The first-order valence-corrected chi connectivity index (χ1v) is 8.72. The summed E-state index contributed by atoms with van der Waals surface area (Å²) in [5.74, 6) is -7.18. The number of phenols is 2. The van der Waals surface area contributed by atoms with E-state index in [1.54, 1.807) is 0 Å². The summed E-state index contributed by atoms with van der Waals surface area (Å²) in [6.45, 7) is 0. The molecule has 9 nitrogen and oxygen atoms in total. The third-order valence-corrected chi connectivity index (χ3v) is 6.27. The quantitative estimate of drug-likeness (QED) is 0.298. The van der Waals surface area contributed by atoms with Crippen LogP contribution in [0.2, 0.25) is 0 Å². The molecule has 148 valence electrons. The number of rotatable bonds is 0. The number of benzene rings is 2. The number of aliphatic hydroxyl groups is 3. The van der Waals surface area contributed by atoms with Crippen LogP contribution in [-0.4, -0.2) is 54.3 Å². The average Bonchev–Trinajstić information content (AvgIpc) is 2.79. The Balaban J connectivity index is 1.92. The first kappa shape index (κ1) is 17.8. The lowest BCUT2D eigenvalue weighted by Crippen LogP contribution is -2.72. The summed E-state index contributed by atoms with van der Waals surface area (Å²) in [4.78, 5) is 39.3. The molecule has 4 atom stereocenters. The van der Waals surface area contributed by atoms with Crippen molar-refractivity contribution in [2.45, 2.75) is 23.2 Å². The summed E-state index contributed by atoms with van der Waals surface area (Å²) in [6, 6.07) is 7.19. The van der Waals surface area contributed by atoms with Gasteiger partial charge in [0, 0.05) is 17.5 Å². The maximum atomic E-state index is 13.4. The van der Waals surface area contributed by atoms with Crippen LogP contribution in [0.5, 0.6) is 17.2 Å². The van der Waals surface area contributed by atoms with Crippen molar-refractivity contribution in [2.75, 3.05) is 0 Å². The van der Waals surface area contributed by atoms with Crippen LogP contribution in [0, 0.1) is 5.92 Å². The predicted molar refractivity (Wildman–Crippen MR) is 92.4 cm³/mol. The molecular weight excluding hydrogens is 384 g/mol. The summed E-state index contributed by atoms with van der Waals surface area (Å²) in [7, 11) is 0. The van der Waals surface area contributed by atoms with Gasteiger partial charge >= 0.3 is 5.97 Å². The molecule has 0 saturated heterocycles. The van der Waals surface area contributed by atoms with Crippen LogP contribution in [0.3, 0.4) is 0 Å².